The fourth-order valence-corrected chi connectivity index (χ4v) is 3.28. The molecule has 0 saturated carbocycles. The monoisotopic (exact) mass is 304 g/mol. The molecule has 0 N–H and O–H groups in total. The molecule has 108 valence electrons. The van der Waals surface area contributed by atoms with Crippen molar-refractivity contribution in [2.24, 2.45) is 0 Å². The molecular formula is C20H16OS. The topological polar surface area (TPSA) is 17.1 Å². The number of rotatable bonds is 4. The molecule has 0 saturated heterocycles. The minimum absolute atomic E-state index is 0.136. The third-order valence-electron chi connectivity index (χ3n) is 3.78. The van der Waals surface area contributed by atoms with E-state index in [1.807, 2.05) is 30.3 Å². The number of ketones is 1. The highest BCUT2D eigenvalue weighted by Gasteiger charge is 2.18. The number of allylic oxidation sites excluding steroid dienone is 2. The van der Waals surface area contributed by atoms with Crippen molar-refractivity contribution < 1.29 is 4.79 Å². The SMILES string of the molecule is C#CCSc1ccc2c(c1)CC=C(C(=O)c1ccccc1)C2. The number of fused-ring (bicyclic) bond motifs is 1. The molecule has 2 heteroatoms. The van der Waals surface area contributed by atoms with E-state index in [-0.39, 0.29) is 5.78 Å². The van der Waals surface area contributed by atoms with Crippen molar-refractivity contribution in [1.82, 2.24) is 0 Å². The second-order valence-corrected chi connectivity index (χ2v) is 6.28. The summed E-state index contributed by atoms with van der Waals surface area (Å²) in [6.07, 6.45) is 8.89. The largest absolute Gasteiger partial charge is 0.289 e. The normalized spacial score (nSPS) is 13.0. The number of benzene rings is 2. The summed E-state index contributed by atoms with van der Waals surface area (Å²) in [5, 5.41) is 0. The fraction of sp³-hybridized carbons (Fsp3) is 0.150. The molecule has 0 bridgehead atoms. The molecule has 0 fully saturated rings. The number of terminal acetylenes is 1. The molecule has 22 heavy (non-hydrogen) atoms. The summed E-state index contributed by atoms with van der Waals surface area (Å²) in [6, 6.07) is 15.9. The van der Waals surface area contributed by atoms with Gasteiger partial charge in [-0.2, -0.15) is 0 Å². The molecule has 0 spiro atoms. The number of hydrogen-bond acceptors (Lipinski definition) is 2. The first-order chi connectivity index (χ1) is 10.8. The van der Waals surface area contributed by atoms with E-state index >= 15 is 0 Å². The van der Waals surface area contributed by atoms with Crippen molar-refractivity contribution in [3.63, 3.8) is 0 Å². The highest BCUT2D eigenvalue weighted by atomic mass is 32.2. The Morgan fingerprint density at radius 1 is 1.14 bits per heavy atom. The summed E-state index contributed by atoms with van der Waals surface area (Å²) in [7, 11) is 0. The zero-order chi connectivity index (χ0) is 15.4. The Balaban J connectivity index is 1.78. The third-order valence-corrected chi connectivity index (χ3v) is 4.68. The predicted octanol–water partition coefficient (Wildman–Crippen LogP) is 4.32. The van der Waals surface area contributed by atoms with E-state index in [2.05, 4.69) is 30.2 Å². The maximum absolute atomic E-state index is 12.5. The average molecular weight is 304 g/mol. The van der Waals surface area contributed by atoms with Crippen LogP contribution in [0.25, 0.3) is 0 Å². The van der Waals surface area contributed by atoms with Crippen molar-refractivity contribution in [1.29, 1.82) is 0 Å². The van der Waals surface area contributed by atoms with Crippen molar-refractivity contribution in [2.75, 3.05) is 5.75 Å². The molecule has 0 aliphatic heterocycles. The molecule has 1 nitrogen and oxygen atoms in total. The first kappa shape index (κ1) is 14.7. The molecule has 1 aliphatic carbocycles. The summed E-state index contributed by atoms with van der Waals surface area (Å²) in [5.74, 6) is 3.47. The Hall–Kier alpha value is -2.24. The summed E-state index contributed by atoms with van der Waals surface area (Å²) in [5.41, 5.74) is 4.19. The van der Waals surface area contributed by atoms with Gasteiger partial charge >= 0.3 is 0 Å². The zero-order valence-corrected chi connectivity index (χ0v) is 13.0. The minimum atomic E-state index is 0.136. The Bertz CT molecular complexity index is 766. The van der Waals surface area contributed by atoms with Gasteiger partial charge in [0.2, 0.25) is 0 Å². The molecule has 3 rings (SSSR count). The minimum Gasteiger partial charge on any atom is -0.289 e. The molecule has 0 unspecified atom stereocenters. The third kappa shape index (κ3) is 3.16. The highest BCUT2D eigenvalue weighted by Crippen LogP contribution is 2.28. The van der Waals surface area contributed by atoms with Crippen LogP contribution in [0.15, 0.2) is 65.1 Å². The smallest absolute Gasteiger partial charge is 0.189 e. The number of carbonyl (C=O) groups is 1. The van der Waals surface area contributed by atoms with Crippen molar-refractivity contribution in [3.8, 4) is 12.3 Å². The number of hydrogen-bond donors (Lipinski definition) is 0. The molecule has 0 radical (unpaired) electrons. The van der Waals surface area contributed by atoms with Gasteiger partial charge in [-0.1, -0.05) is 48.4 Å². The Kier molecular flexibility index (Phi) is 4.46. The first-order valence-corrected chi connectivity index (χ1v) is 8.23. The molecule has 2 aromatic carbocycles. The van der Waals surface area contributed by atoms with Crippen LogP contribution in [0, 0.1) is 12.3 Å². The summed E-state index contributed by atoms with van der Waals surface area (Å²) in [4.78, 5) is 13.7. The van der Waals surface area contributed by atoms with E-state index in [0.717, 1.165) is 17.6 Å². The van der Waals surface area contributed by atoms with Crippen LogP contribution in [-0.4, -0.2) is 11.5 Å². The lowest BCUT2D eigenvalue weighted by molar-refractivity contribution is 0.103. The van der Waals surface area contributed by atoms with Gasteiger partial charge in [0.25, 0.3) is 0 Å². The van der Waals surface area contributed by atoms with Gasteiger partial charge in [-0.05, 0) is 29.7 Å². The van der Waals surface area contributed by atoms with Crippen molar-refractivity contribution >= 4 is 17.5 Å². The highest BCUT2D eigenvalue weighted by molar-refractivity contribution is 7.99. The molecular weight excluding hydrogens is 288 g/mol. The molecule has 2 aromatic rings. The van der Waals surface area contributed by atoms with Crippen LogP contribution < -0.4 is 0 Å². The quantitative estimate of drug-likeness (QED) is 0.475. The van der Waals surface area contributed by atoms with Gasteiger partial charge in [-0.15, -0.1) is 18.2 Å². The fourth-order valence-electron chi connectivity index (χ4n) is 2.64. The van der Waals surface area contributed by atoms with Crippen LogP contribution in [0.4, 0.5) is 0 Å². The van der Waals surface area contributed by atoms with Crippen LogP contribution in [0.3, 0.4) is 0 Å². The lowest BCUT2D eigenvalue weighted by Crippen LogP contribution is -2.11. The zero-order valence-electron chi connectivity index (χ0n) is 12.2. The van der Waals surface area contributed by atoms with Crippen LogP contribution in [-0.2, 0) is 12.8 Å². The molecule has 0 aromatic heterocycles. The van der Waals surface area contributed by atoms with E-state index in [0.29, 0.717) is 12.2 Å². The van der Waals surface area contributed by atoms with E-state index in [9.17, 15) is 4.79 Å². The summed E-state index contributed by atoms with van der Waals surface area (Å²) >= 11 is 1.67. The molecule has 0 amide bonds. The van der Waals surface area contributed by atoms with Gasteiger partial charge in [0.1, 0.15) is 0 Å². The van der Waals surface area contributed by atoms with E-state index in [4.69, 9.17) is 6.42 Å². The van der Waals surface area contributed by atoms with Crippen LogP contribution in [0.1, 0.15) is 21.5 Å². The van der Waals surface area contributed by atoms with Gasteiger partial charge in [0.05, 0.1) is 5.75 Å². The van der Waals surface area contributed by atoms with E-state index < -0.39 is 0 Å². The average Bonchev–Trinajstić information content (AvgIpc) is 2.59. The van der Waals surface area contributed by atoms with Gasteiger partial charge in [0, 0.05) is 22.5 Å². The Morgan fingerprint density at radius 2 is 1.95 bits per heavy atom. The lowest BCUT2D eigenvalue weighted by atomic mass is 9.88. The first-order valence-electron chi connectivity index (χ1n) is 7.25. The van der Waals surface area contributed by atoms with Crippen molar-refractivity contribution in [2.45, 2.75) is 17.7 Å². The molecule has 0 atom stereocenters. The summed E-state index contributed by atoms with van der Waals surface area (Å²) in [6.45, 7) is 0. The van der Waals surface area contributed by atoms with Crippen LogP contribution in [0.5, 0.6) is 0 Å². The van der Waals surface area contributed by atoms with Crippen molar-refractivity contribution in [3.05, 3.63) is 76.9 Å². The predicted molar refractivity (Wildman–Crippen MR) is 92.3 cm³/mol. The standard InChI is InChI=1S/C20H16OS/c1-2-12-22-19-11-10-16-13-18(9-8-17(16)14-19)20(21)15-6-4-3-5-7-15/h1,3-7,9-11,14H,8,12-13H2. The van der Waals surface area contributed by atoms with Gasteiger partial charge < -0.3 is 0 Å². The number of thioether (sulfide) groups is 1. The van der Waals surface area contributed by atoms with Crippen LogP contribution >= 0.6 is 11.8 Å². The molecule has 0 heterocycles. The summed E-state index contributed by atoms with van der Waals surface area (Å²) < 4.78 is 0. The van der Waals surface area contributed by atoms with Crippen LogP contribution in [0.2, 0.25) is 0 Å². The van der Waals surface area contributed by atoms with Gasteiger partial charge in [-0.3, -0.25) is 4.79 Å². The maximum atomic E-state index is 12.5. The Morgan fingerprint density at radius 3 is 2.73 bits per heavy atom. The van der Waals surface area contributed by atoms with E-state index in [1.165, 1.54) is 16.0 Å². The second kappa shape index (κ2) is 6.68. The Labute approximate surface area is 135 Å². The van der Waals surface area contributed by atoms with E-state index in [1.54, 1.807) is 11.8 Å². The van der Waals surface area contributed by atoms with Gasteiger partial charge in [0.15, 0.2) is 5.78 Å². The van der Waals surface area contributed by atoms with Gasteiger partial charge in [-0.25, -0.2) is 0 Å². The lowest BCUT2D eigenvalue weighted by Gasteiger charge is -2.17. The number of carbonyl (C=O) groups excluding carboxylic acids is 1. The number of Topliss-reactive ketones (excluding diaryl/α,β-unsaturated/α-hetero) is 1. The maximum Gasteiger partial charge on any atom is 0.189 e. The second-order valence-electron chi connectivity index (χ2n) is 5.23. The molecule has 1 aliphatic rings.